The Hall–Kier alpha value is -1.65. The SMILES string of the molecule is CNc1cc(N2CCCC(=O)C2)ncn1. The fraction of sp³-hybridized carbons (Fsp3) is 0.500. The van der Waals surface area contributed by atoms with Gasteiger partial charge in [0.25, 0.3) is 0 Å². The molecule has 0 aliphatic carbocycles. The molecule has 15 heavy (non-hydrogen) atoms. The molecule has 5 heteroatoms. The number of carbonyl (C=O) groups is 1. The van der Waals surface area contributed by atoms with Gasteiger partial charge >= 0.3 is 0 Å². The lowest BCUT2D eigenvalue weighted by atomic mass is 10.1. The molecule has 1 saturated heterocycles. The molecule has 0 spiro atoms. The number of nitrogens with one attached hydrogen (secondary N) is 1. The van der Waals surface area contributed by atoms with Crippen molar-refractivity contribution in [3.63, 3.8) is 0 Å². The van der Waals surface area contributed by atoms with Crippen molar-refractivity contribution < 1.29 is 4.79 Å². The Morgan fingerprint density at radius 1 is 1.47 bits per heavy atom. The number of aromatic nitrogens is 2. The number of anilines is 2. The van der Waals surface area contributed by atoms with Gasteiger partial charge in [0.1, 0.15) is 18.0 Å². The van der Waals surface area contributed by atoms with E-state index in [2.05, 4.69) is 15.3 Å². The fourth-order valence-corrected chi connectivity index (χ4v) is 1.69. The smallest absolute Gasteiger partial charge is 0.152 e. The van der Waals surface area contributed by atoms with Crippen LogP contribution in [0.15, 0.2) is 12.4 Å². The lowest BCUT2D eigenvalue weighted by molar-refractivity contribution is -0.118. The third-order valence-corrected chi connectivity index (χ3v) is 2.48. The molecule has 0 atom stereocenters. The molecule has 1 aliphatic rings. The summed E-state index contributed by atoms with van der Waals surface area (Å²) in [5.74, 6) is 1.88. The maximum atomic E-state index is 11.3. The van der Waals surface area contributed by atoms with Crippen molar-refractivity contribution in [2.24, 2.45) is 0 Å². The molecule has 80 valence electrons. The van der Waals surface area contributed by atoms with Crippen LogP contribution in [-0.4, -0.2) is 35.9 Å². The highest BCUT2D eigenvalue weighted by atomic mass is 16.1. The molecule has 0 unspecified atom stereocenters. The second-order valence-electron chi connectivity index (χ2n) is 3.58. The summed E-state index contributed by atoms with van der Waals surface area (Å²) in [6.07, 6.45) is 3.12. The highest BCUT2D eigenvalue weighted by Crippen LogP contribution is 2.17. The second-order valence-corrected chi connectivity index (χ2v) is 3.58. The number of nitrogens with zero attached hydrogens (tertiary/aromatic N) is 3. The molecule has 0 bridgehead atoms. The van der Waals surface area contributed by atoms with Crippen LogP contribution in [0.1, 0.15) is 12.8 Å². The van der Waals surface area contributed by atoms with E-state index in [9.17, 15) is 4.79 Å². The van der Waals surface area contributed by atoms with Crippen LogP contribution < -0.4 is 10.2 Å². The Labute approximate surface area is 88.5 Å². The van der Waals surface area contributed by atoms with E-state index >= 15 is 0 Å². The van der Waals surface area contributed by atoms with Gasteiger partial charge in [0.15, 0.2) is 5.78 Å². The van der Waals surface area contributed by atoms with Gasteiger partial charge in [0, 0.05) is 26.1 Å². The van der Waals surface area contributed by atoms with E-state index in [1.165, 1.54) is 6.33 Å². The number of ketones is 1. The van der Waals surface area contributed by atoms with Gasteiger partial charge in [-0.25, -0.2) is 9.97 Å². The predicted octanol–water partition coefficient (Wildman–Crippen LogP) is 0.688. The van der Waals surface area contributed by atoms with E-state index in [4.69, 9.17) is 0 Å². The summed E-state index contributed by atoms with van der Waals surface area (Å²) in [4.78, 5) is 21.5. The summed E-state index contributed by atoms with van der Waals surface area (Å²) in [6, 6.07) is 1.86. The van der Waals surface area contributed by atoms with E-state index in [0.717, 1.165) is 24.6 Å². The summed E-state index contributed by atoms with van der Waals surface area (Å²) in [7, 11) is 1.81. The van der Waals surface area contributed by atoms with Crippen LogP contribution in [0.4, 0.5) is 11.6 Å². The normalized spacial score (nSPS) is 16.6. The van der Waals surface area contributed by atoms with E-state index in [0.29, 0.717) is 13.0 Å². The van der Waals surface area contributed by atoms with Crippen molar-refractivity contribution in [3.8, 4) is 0 Å². The van der Waals surface area contributed by atoms with Crippen LogP contribution in [0.3, 0.4) is 0 Å². The molecule has 2 rings (SSSR count). The molecule has 5 nitrogen and oxygen atoms in total. The molecular formula is C10H14N4O. The largest absolute Gasteiger partial charge is 0.373 e. The van der Waals surface area contributed by atoms with Gasteiger partial charge in [0.05, 0.1) is 6.54 Å². The van der Waals surface area contributed by atoms with Crippen molar-refractivity contribution in [1.29, 1.82) is 0 Å². The molecule has 0 amide bonds. The molecule has 2 heterocycles. The molecule has 0 radical (unpaired) electrons. The third kappa shape index (κ3) is 2.23. The number of rotatable bonds is 2. The molecule has 1 aromatic rings. The molecule has 1 aromatic heterocycles. The van der Waals surface area contributed by atoms with Crippen molar-refractivity contribution in [2.75, 3.05) is 30.4 Å². The first-order chi connectivity index (χ1) is 7.29. The van der Waals surface area contributed by atoms with Crippen LogP contribution >= 0.6 is 0 Å². The lowest BCUT2D eigenvalue weighted by Crippen LogP contribution is -2.36. The molecule has 1 aliphatic heterocycles. The van der Waals surface area contributed by atoms with E-state index in [-0.39, 0.29) is 5.78 Å². The molecule has 1 N–H and O–H groups in total. The first kappa shape index (κ1) is 9.89. The molecule has 0 saturated carbocycles. The zero-order valence-corrected chi connectivity index (χ0v) is 8.73. The van der Waals surface area contributed by atoms with Gasteiger partial charge in [0.2, 0.25) is 0 Å². The van der Waals surface area contributed by atoms with Gasteiger partial charge in [-0.3, -0.25) is 4.79 Å². The second kappa shape index (κ2) is 4.25. The minimum Gasteiger partial charge on any atom is -0.373 e. The van der Waals surface area contributed by atoms with Crippen molar-refractivity contribution in [2.45, 2.75) is 12.8 Å². The maximum absolute atomic E-state index is 11.3. The van der Waals surface area contributed by atoms with E-state index in [1.807, 2.05) is 18.0 Å². The van der Waals surface area contributed by atoms with E-state index < -0.39 is 0 Å². The number of piperidine rings is 1. The Morgan fingerprint density at radius 2 is 2.33 bits per heavy atom. The lowest BCUT2D eigenvalue weighted by Gasteiger charge is -2.26. The molecular weight excluding hydrogens is 192 g/mol. The van der Waals surface area contributed by atoms with Gasteiger partial charge in [-0.1, -0.05) is 0 Å². The first-order valence-corrected chi connectivity index (χ1v) is 5.06. The standard InChI is InChI=1S/C10H14N4O/c1-11-9-5-10(13-7-12-9)14-4-2-3-8(15)6-14/h5,7H,2-4,6H2,1H3,(H,11,12,13). The van der Waals surface area contributed by atoms with Crippen LogP contribution in [0, 0.1) is 0 Å². The Bertz CT molecular complexity index is 366. The Kier molecular flexibility index (Phi) is 2.80. The average Bonchev–Trinajstić information content (AvgIpc) is 2.29. The minimum atomic E-state index is 0.283. The number of hydrogen-bond acceptors (Lipinski definition) is 5. The number of hydrogen-bond donors (Lipinski definition) is 1. The summed E-state index contributed by atoms with van der Waals surface area (Å²) in [5, 5.41) is 2.95. The van der Waals surface area contributed by atoms with Crippen LogP contribution in [0.5, 0.6) is 0 Å². The quantitative estimate of drug-likeness (QED) is 0.771. The minimum absolute atomic E-state index is 0.283. The zero-order chi connectivity index (χ0) is 10.7. The van der Waals surface area contributed by atoms with Gasteiger partial charge in [-0.15, -0.1) is 0 Å². The highest BCUT2D eigenvalue weighted by Gasteiger charge is 2.18. The summed E-state index contributed by atoms with van der Waals surface area (Å²) in [5.41, 5.74) is 0. The summed E-state index contributed by atoms with van der Waals surface area (Å²) < 4.78 is 0. The van der Waals surface area contributed by atoms with Crippen LogP contribution in [0.2, 0.25) is 0 Å². The molecule has 1 fully saturated rings. The number of Topliss-reactive ketones (excluding diaryl/α,β-unsaturated/α-hetero) is 1. The van der Waals surface area contributed by atoms with Crippen LogP contribution in [-0.2, 0) is 4.79 Å². The van der Waals surface area contributed by atoms with Crippen molar-refractivity contribution in [3.05, 3.63) is 12.4 Å². The van der Waals surface area contributed by atoms with Crippen LogP contribution in [0.25, 0.3) is 0 Å². The van der Waals surface area contributed by atoms with Crippen molar-refractivity contribution >= 4 is 17.4 Å². The maximum Gasteiger partial charge on any atom is 0.152 e. The number of carbonyl (C=O) groups excluding carboxylic acids is 1. The van der Waals surface area contributed by atoms with Gasteiger partial charge < -0.3 is 10.2 Å². The summed E-state index contributed by atoms with van der Waals surface area (Å²) in [6.45, 7) is 1.37. The van der Waals surface area contributed by atoms with Crippen molar-refractivity contribution in [1.82, 2.24) is 9.97 Å². The zero-order valence-electron chi connectivity index (χ0n) is 8.73. The Balaban J connectivity index is 2.17. The predicted molar refractivity (Wildman–Crippen MR) is 58.0 cm³/mol. The third-order valence-electron chi connectivity index (χ3n) is 2.48. The highest BCUT2D eigenvalue weighted by molar-refractivity contribution is 5.84. The van der Waals surface area contributed by atoms with Gasteiger partial charge in [-0.2, -0.15) is 0 Å². The van der Waals surface area contributed by atoms with Gasteiger partial charge in [-0.05, 0) is 6.42 Å². The monoisotopic (exact) mass is 206 g/mol. The summed E-state index contributed by atoms with van der Waals surface area (Å²) >= 11 is 0. The molecule has 0 aromatic carbocycles. The first-order valence-electron chi connectivity index (χ1n) is 5.06. The van der Waals surface area contributed by atoms with E-state index in [1.54, 1.807) is 0 Å². The average molecular weight is 206 g/mol. The Morgan fingerprint density at radius 3 is 3.07 bits per heavy atom. The fourth-order valence-electron chi connectivity index (χ4n) is 1.69. The topological polar surface area (TPSA) is 58.1 Å².